The van der Waals surface area contributed by atoms with Crippen molar-refractivity contribution in [2.75, 3.05) is 44.2 Å². The monoisotopic (exact) mass is 752 g/mol. The molecule has 2 atom stereocenters. The molecule has 0 aliphatic carbocycles. The second-order valence-electron chi connectivity index (χ2n) is 15.0. The van der Waals surface area contributed by atoms with E-state index >= 15 is 8.78 Å². The number of carbonyl (C=O) groups is 2. The van der Waals surface area contributed by atoms with Gasteiger partial charge in [0.05, 0.1) is 23.7 Å². The quantitative estimate of drug-likeness (QED) is 0.156. The van der Waals surface area contributed by atoms with Crippen LogP contribution in [0.2, 0.25) is 0 Å². The second-order valence-corrected chi connectivity index (χ2v) is 15.0. The second kappa shape index (κ2) is 15.9. The smallest absolute Gasteiger partial charge is 0.410 e. The Morgan fingerprint density at radius 2 is 1.47 bits per heavy atom. The molecule has 2 amide bonds. The third kappa shape index (κ3) is 8.50. The van der Waals surface area contributed by atoms with Crippen molar-refractivity contribution in [1.82, 2.24) is 24.6 Å². The first-order valence-electron chi connectivity index (χ1n) is 18.6. The van der Waals surface area contributed by atoms with Crippen molar-refractivity contribution in [3.05, 3.63) is 102 Å². The molecule has 5 aromatic rings. The van der Waals surface area contributed by atoms with Crippen LogP contribution < -0.4 is 14.4 Å². The van der Waals surface area contributed by atoms with Crippen molar-refractivity contribution in [3.63, 3.8) is 0 Å². The number of piperidine rings is 1. The first kappa shape index (κ1) is 37.6. The Hall–Kier alpha value is -5.72. The minimum atomic E-state index is -1.50. The fourth-order valence-corrected chi connectivity index (χ4v) is 7.09. The average molecular weight is 753 g/mol. The van der Waals surface area contributed by atoms with Crippen molar-refractivity contribution in [2.45, 2.75) is 52.2 Å². The molecular weight excluding hydrogens is 706 g/mol. The van der Waals surface area contributed by atoms with Gasteiger partial charge in [0.1, 0.15) is 36.2 Å². The summed E-state index contributed by atoms with van der Waals surface area (Å²) in [6.07, 6.45) is -1.86. The minimum Gasteiger partial charge on any atom is -0.473 e. The summed E-state index contributed by atoms with van der Waals surface area (Å²) in [5, 5.41) is 5.34. The first-order valence-corrected chi connectivity index (χ1v) is 18.6. The number of rotatable bonds is 9. The third-order valence-corrected chi connectivity index (χ3v) is 9.90. The van der Waals surface area contributed by atoms with Crippen LogP contribution in [0.4, 0.5) is 19.3 Å². The van der Waals surface area contributed by atoms with E-state index < -0.39 is 29.6 Å². The lowest BCUT2D eigenvalue weighted by atomic mass is 9.93. The lowest BCUT2D eigenvalue weighted by Crippen LogP contribution is -2.55. The summed E-state index contributed by atoms with van der Waals surface area (Å²) in [7, 11) is 1.70. The van der Waals surface area contributed by atoms with Crippen molar-refractivity contribution in [1.29, 1.82) is 0 Å². The Morgan fingerprint density at radius 1 is 0.818 bits per heavy atom. The number of amides is 2. The number of aryl methyl sites for hydroxylation is 1. The van der Waals surface area contributed by atoms with Crippen molar-refractivity contribution in [2.24, 2.45) is 13.0 Å². The molecular formula is C42H46F2N6O5. The number of hydrogen-bond donors (Lipinski definition) is 0. The van der Waals surface area contributed by atoms with Gasteiger partial charge >= 0.3 is 6.09 Å². The maximum absolute atomic E-state index is 16.5. The predicted octanol–water partition coefficient (Wildman–Crippen LogP) is 7.18. The van der Waals surface area contributed by atoms with E-state index in [1.165, 1.54) is 9.58 Å². The molecule has 288 valence electrons. The van der Waals surface area contributed by atoms with Gasteiger partial charge in [-0.05, 0) is 56.5 Å². The highest BCUT2D eigenvalue weighted by Gasteiger charge is 2.40. The topological polar surface area (TPSA) is 102 Å². The fraction of sp³-hybridized carbons (Fsp3) is 0.381. The van der Waals surface area contributed by atoms with Gasteiger partial charge in [0.15, 0.2) is 5.82 Å². The molecule has 2 aliphatic heterocycles. The zero-order valence-corrected chi connectivity index (χ0v) is 31.6. The van der Waals surface area contributed by atoms with Crippen LogP contribution in [0, 0.1) is 11.7 Å². The average Bonchev–Trinajstić information content (AvgIpc) is 3.52. The van der Waals surface area contributed by atoms with Gasteiger partial charge in [-0.25, -0.2) is 13.6 Å². The zero-order valence-electron chi connectivity index (χ0n) is 31.6. The molecule has 55 heavy (non-hydrogen) atoms. The number of aromatic nitrogens is 3. The molecule has 2 aromatic heterocycles. The van der Waals surface area contributed by atoms with Crippen molar-refractivity contribution >= 4 is 28.6 Å². The Bertz CT molecular complexity index is 2130. The highest BCUT2D eigenvalue weighted by Crippen LogP contribution is 2.38. The van der Waals surface area contributed by atoms with Crippen LogP contribution in [-0.4, -0.2) is 87.6 Å². The molecule has 0 N–H and O–H groups in total. The molecule has 2 fully saturated rings. The van der Waals surface area contributed by atoms with Gasteiger partial charge in [-0.15, -0.1) is 0 Å². The highest BCUT2D eigenvalue weighted by molar-refractivity contribution is 5.96. The fourth-order valence-electron chi connectivity index (χ4n) is 7.09. The molecule has 4 heterocycles. The number of likely N-dealkylation sites (tertiary alicyclic amines) is 1. The van der Waals surface area contributed by atoms with Crippen molar-refractivity contribution in [3.8, 4) is 23.0 Å². The van der Waals surface area contributed by atoms with E-state index in [1.807, 2.05) is 77.7 Å². The maximum Gasteiger partial charge on any atom is 0.410 e. The normalized spacial score (nSPS) is 17.7. The van der Waals surface area contributed by atoms with Crippen LogP contribution in [0.3, 0.4) is 0 Å². The van der Waals surface area contributed by atoms with E-state index in [4.69, 9.17) is 24.3 Å². The standard InChI is InChI=1S/C42H46F2N6O5/c1-42(2,3)55-41(52)50-20-19-30(33(43)25-50)40(51)49-23-21-48(22-24-49)34-17-15-31-37(46-47(4)38(31)36(34)44)32-16-18-35(53-26-28-11-7-5-8-12-28)45-39(32)54-27-29-13-9-6-10-14-29/h5-18,30,33H,19-27H2,1-4H3. The molecule has 13 heteroatoms. The Labute approximate surface area is 319 Å². The minimum absolute atomic E-state index is 0.188. The van der Waals surface area contributed by atoms with E-state index in [9.17, 15) is 9.59 Å². The molecule has 2 aliphatic rings. The molecule has 3 aromatic carbocycles. The molecule has 2 saturated heterocycles. The number of benzene rings is 3. The van der Waals surface area contributed by atoms with Gasteiger partial charge < -0.3 is 28.9 Å². The number of pyridine rings is 1. The van der Waals surface area contributed by atoms with Gasteiger partial charge in [0, 0.05) is 51.2 Å². The third-order valence-electron chi connectivity index (χ3n) is 9.90. The largest absolute Gasteiger partial charge is 0.473 e. The molecule has 0 radical (unpaired) electrons. The zero-order chi connectivity index (χ0) is 38.7. The molecule has 7 rings (SSSR count). The summed E-state index contributed by atoms with van der Waals surface area (Å²) in [4.78, 5) is 35.5. The van der Waals surface area contributed by atoms with Gasteiger partial charge in [-0.3, -0.25) is 9.48 Å². The SMILES string of the molecule is Cn1nc(-c2ccc(OCc3ccccc3)nc2OCc2ccccc2)c2ccc(N3CCN(C(=O)C4CCN(C(=O)OC(C)(C)C)CC4F)CC3)c(F)c21. The van der Waals surface area contributed by atoms with Crippen LogP contribution >= 0.6 is 0 Å². The number of anilines is 1. The van der Waals surface area contributed by atoms with Gasteiger partial charge in [0.25, 0.3) is 0 Å². The Morgan fingerprint density at radius 3 is 2.11 bits per heavy atom. The number of alkyl halides is 1. The summed E-state index contributed by atoms with van der Waals surface area (Å²) >= 11 is 0. The van der Waals surface area contributed by atoms with E-state index in [0.717, 1.165) is 11.1 Å². The van der Waals surface area contributed by atoms with Crippen LogP contribution in [0.1, 0.15) is 38.3 Å². The summed E-state index contributed by atoms with van der Waals surface area (Å²) in [5.41, 5.74) is 3.09. The number of fused-ring (bicyclic) bond motifs is 1. The van der Waals surface area contributed by atoms with Gasteiger partial charge in [-0.1, -0.05) is 60.7 Å². The van der Waals surface area contributed by atoms with Crippen LogP contribution in [0.25, 0.3) is 22.2 Å². The first-order chi connectivity index (χ1) is 26.4. The Balaban J connectivity index is 1.06. The summed E-state index contributed by atoms with van der Waals surface area (Å²) in [6, 6.07) is 26.7. The van der Waals surface area contributed by atoms with Crippen LogP contribution in [0.5, 0.6) is 11.8 Å². The van der Waals surface area contributed by atoms with Crippen LogP contribution in [0.15, 0.2) is 84.9 Å². The van der Waals surface area contributed by atoms with E-state index in [1.54, 1.807) is 44.9 Å². The number of piperazine rings is 1. The van der Waals surface area contributed by atoms with Crippen LogP contribution in [-0.2, 0) is 29.8 Å². The number of nitrogens with zero attached hydrogens (tertiary/aromatic N) is 6. The molecule has 2 unspecified atom stereocenters. The molecule has 0 bridgehead atoms. The predicted molar refractivity (Wildman–Crippen MR) is 205 cm³/mol. The number of carbonyl (C=O) groups excluding carboxylic acids is 2. The van der Waals surface area contributed by atoms with E-state index in [-0.39, 0.29) is 32.0 Å². The molecule has 0 spiro atoms. The number of hydrogen-bond acceptors (Lipinski definition) is 8. The summed E-state index contributed by atoms with van der Waals surface area (Å²) < 4.78 is 51.0. The highest BCUT2D eigenvalue weighted by atomic mass is 19.1. The lowest BCUT2D eigenvalue weighted by molar-refractivity contribution is -0.140. The number of ether oxygens (including phenoxy) is 3. The van der Waals surface area contributed by atoms with E-state index in [0.29, 0.717) is 72.4 Å². The molecule has 0 saturated carbocycles. The number of halogens is 2. The lowest BCUT2D eigenvalue weighted by Gasteiger charge is -2.40. The van der Waals surface area contributed by atoms with E-state index in [2.05, 4.69) is 0 Å². The summed E-state index contributed by atoms with van der Waals surface area (Å²) in [5.74, 6) is -0.856. The Kier molecular flexibility index (Phi) is 10.9. The molecule has 11 nitrogen and oxygen atoms in total. The van der Waals surface area contributed by atoms with Gasteiger partial charge in [0.2, 0.25) is 17.7 Å². The van der Waals surface area contributed by atoms with Gasteiger partial charge in [-0.2, -0.15) is 10.1 Å². The maximum atomic E-state index is 16.5. The summed E-state index contributed by atoms with van der Waals surface area (Å²) in [6.45, 7) is 7.30. The van der Waals surface area contributed by atoms with Crippen molar-refractivity contribution < 1.29 is 32.6 Å².